The number of hydrogen-bond acceptors (Lipinski definition) is 4. The first-order chi connectivity index (χ1) is 9.65. The third kappa shape index (κ3) is 4.99. The Bertz CT molecular complexity index is 368. The number of nitrogens with zero attached hydrogens (tertiary/aromatic N) is 2. The zero-order valence-electron chi connectivity index (χ0n) is 13.4. The molecule has 0 atom stereocenters. The summed E-state index contributed by atoms with van der Waals surface area (Å²) in [5.74, 6) is 0. The Hall–Kier alpha value is -0.723. The van der Waals surface area contributed by atoms with E-state index in [1.54, 1.807) is 0 Å². The fraction of sp³-hybridized carbons (Fsp3) is 0.600. The van der Waals surface area contributed by atoms with Gasteiger partial charge >= 0.3 is 9.28 Å². The smallest absolute Gasteiger partial charge is 0.307 e. The Balaban J connectivity index is 2.91. The molecule has 1 aromatic rings. The third-order valence-electron chi connectivity index (χ3n) is 3.34. The predicted octanol–water partition coefficient (Wildman–Crippen LogP) is 1.97. The lowest BCUT2D eigenvalue weighted by Crippen LogP contribution is -2.48. The van der Waals surface area contributed by atoms with Gasteiger partial charge in [-0.1, -0.05) is 52.0 Å². The molecule has 0 spiro atoms. The van der Waals surface area contributed by atoms with Gasteiger partial charge in [-0.15, -0.1) is 0 Å². The van der Waals surface area contributed by atoms with E-state index in [4.69, 9.17) is 9.05 Å². The monoisotopic (exact) mass is 296 g/mol. The molecule has 0 heterocycles. The van der Waals surface area contributed by atoms with Gasteiger partial charge in [-0.3, -0.25) is 0 Å². The Morgan fingerprint density at radius 2 is 1.30 bits per heavy atom. The maximum atomic E-state index is 6.16. The van der Waals surface area contributed by atoms with Gasteiger partial charge in [-0.05, 0) is 17.7 Å². The van der Waals surface area contributed by atoms with Crippen molar-refractivity contribution in [2.24, 2.45) is 0 Å². The fourth-order valence-electron chi connectivity index (χ4n) is 2.00. The molecular formula is C15H28N2O2Si. The molecular weight excluding hydrogens is 268 g/mol. The van der Waals surface area contributed by atoms with Crippen LogP contribution in [0, 0.1) is 6.92 Å². The maximum Gasteiger partial charge on any atom is 0.394 e. The van der Waals surface area contributed by atoms with E-state index in [-0.39, 0.29) is 0 Å². The number of rotatable bonds is 9. The van der Waals surface area contributed by atoms with Crippen LogP contribution in [0.5, 0.6) is 0 Å². The molecule has 0 amide bonds. The van der Waals surface area contributed by atoms with Crippen molar-refractivity contribution in [1.29, 1.82) is 0 Å². The molecule has 1 aromatic carbocycles. The van der Waals surface area contributed by atoms with E-state index in [0.29, 0.717) is 0 Å². The van der Waals surface area contributed by atoms with Crippen molar-refractivity contribution in [2.45, 2.75) is 34.6 Å². The molecule has 0 saturated heterocycles. The topological polar surface area (TPSA) is 24.9 Å². The molecule has 5 heteroatoms. The molecule has 0 aromatic heterocycles. The molecule has 0 saturated carbocycles. The Labute approximate surface area is 125 Å². The Morgan fingerprint density at radius 3 is 1.70 bits per heavy atom. The van der Waals surface area contributed by atoms with Crippen LogP contribution in [0.3, 0.4) is 0 Å². The molecule has 114 valence electrons. The summed E-state index contributed by atoms with van der Waals surface area (Å²) in [4.78, 5) is 0. The lowest BCUT2D eigenvalue weighted by Gasteiger charge is -2.29. The standard InChI is InChI=1S/C15H28N2O2Si/c1-6-16(7-2)18-20(19-17(8-3)9-4)15-13-11-10-12-14(15)5/h10-13,20H,6-9H2,1-5H3. The highest BCUT2D eigenvalue weighted by Crippen LogP contribution is 2.04. The van der Waals surface area contributed by atoms with Gasteiger partial charge in [0.2, 0.25) is 0 Å². The molecule has 0 bridgehead atoms. The van der Waals surface area contributed by atoms with E-state index >= 15 is 0 Å². The van der Waals surface area contributed by atoms with E-state index < -0.39 is 9.28 Å². The van der Waals surface area contributed by atoms with Gasteiger partial charge < -0.3 is 9.05 Å². The quantitative estimate of drug-likeness (QED) is 0.514. The van der Waals surface area contributed by atoms with Gasteiger partial charge in [-0.2, -0.15) is 10.1 Å². The summed E-state index contributed by atoms with van der Waals surface area (Å²) < 4.78 is 12.3. The molecule has 0 aliphatic rings. The summed E-state index contributed by atoms with van der Waals surface area (Å²) in [5, 5.41) is 5.17. The number of benzene rings is 1. The van der Waals surface area contributed by atoms with Gasteiger partial charge in [0.1, 0.15) is 0 Å². The largest absolute Gasteiger partial charge is 0.394 e. The van der Waals surface area contributed by atoms with Crippen molar-refractivity contribution in [3.63, 3.8) is 0 Å². The summed E-state index contributed by atoms with van der Waals surface area (Å²) in [7, 11) is -1.97. The lowest BCUT2D eigenvalue weighted by molar-refractivity contribution is -0.127. The van der Waals surface area contributed by atoms with Gasteiger partial charge in [0.15, 0.2) is 0 Å². The second-order valence-electron chi connectivity index (χ2n) is 4.63. The van der Waals surface area contributed by atoms with E-state index in [9.17, 15) is 0 Å². The summed E-state index contributed by atoms with van der Waals surface area (Å²) in [6.07, 6.45) is 0. The minimum Gasteiger partial charge on any atom is -0.307 e. The minimum atomic E-state index is -1.97. The minimum absolute atomic E-state index is 0.869. The van der Waals surface area contributed by atoms with Crippen LogP contribution in [0.1, 0.15) is 33.3 Å². The van der Waals surface area contributed by atoms with Crippen LogP contribution >= 0.6 is 0 Å². The van der Waals surface area contributed by atoms with Gasteiger partial charge in [0.05, 0.1) is 0 Å². The van der Waals surface area contributed by atoms with Crippen LogP contribution in [0.2, 0.25) is 0 Å². The van der Waals surface area contributed by atoms with Crippen molar-refractivity contribution < 1.29 is 9.05 Å². The Kier molecular flexibility index (Phi) is 8.02. The highest BCUT2D eigenvalue weighted by Gasteiger charge is 2.24. The van der Waals surface area contributed by atoms with Crippen LogP contribution in [0.25, 0.3) is 0 Å². The number of aryl methyl sites for hydroxylation is 1. The SMILES string of the molecule is CCN(CC)O[SiH](ON(CC)CC)c1ccccc1C. The fourth-order valence-corrected chi connectivity index (χ4v) is 4.14. The van der Waals surface area contributed by atoms with Gasteiger partial charge in [0, 0.05) is 26.2 Å². The zero-order valence-corrected chi connectivity index (χ0v) is 14.6. The average Bonchev–Trinajstić information content (AvgIpc) is 2.48. The zero-order chi connectivity index (χ0) is 15.0. The second-order valence-corrected chi connectivity index (χ2v) is 6.34. The molecule has 0 fully saturated rings. The maximum absolute atomic E-state index is 6.16. The summed E-state index contributed by atoms with van der Waals surface area (Å²) >= 11 is 0. The molecule has 0 aliphatic heterocycles. The molecule has 0 aliphatic carbocycles. The van der Waals surface area contributed by atoms with E-state index in [0.717, 1.165) is 26.2 Å². The first-order valence-corrected chi connectivity index (χ1v) is 9.07. The van der Waals surface area contributed by atoms with Crippen LogP contribution < -0.4 is 5.19 Å². The molecule has 0 N–H and O–H groups in total. The molecule has 0 unspecified atom stereocenters. The highest BCUT2D eigenvalue weighted by molar-refractivity contribution is 6.61. The molecule has 0 radical (unpaired) electrons. The predicted molar refractivity (Wildman–Crippen MR) is 86.0 cm³/mol. The number of hydrogen-bond donors (Lipinski definition) is 0. The first kappa shape index (κ1) is 17.3. The van der Waals surface area contributed by atoms with Gasteiger partial charge in [-0.25, -0.2) is 0 Å². The molecule has 20 heavy (non-hydrogen) atoms. The van der Waals surface area contributed by atoms with Gasteiger partial charge in [0.25, 0.3) is 0 Å². The lowest BCUT2D eigenvalue weighted by atomic mass is 10.2. The highest BCUT2D eigenvalue weighted by atomic mass is 28.3. The molecule has 1 rings (SSSR count). The van der Waals surface area contributed by atoms with Crippen LogP contribution in [-0.2, 0) is 9.05 Å². The van der Waals surface area contributed by atoms with Crippen molar-refractivity contribution in [2.75, 3.05) is 26.2 Å². The normalized spacial score (nSPS) is 11.8. The average molecular weight is 296 g/mol. The second kappa shape index (κ2) is 9.26. The van der Waals surface area contributed by atoms with Crippen LogP contribution in [0.15, 0.2) is 24.3 Å². The number of hydroxylamine groups is 4. The van der Waals surface area contributed by atoms with E-state index in [1.165, 1.54) is 10.8 Å². The van der Waals surface area contributed by atoms with E-state index in [1.807, 2.05) is 10.1 Å². The third-order valence-corrected chi connectivity index (χ3v) is 5.48. The van der Waals surface area contributed by atoms with Crippen molar-refractivity contribution in [3.05, 3.63) is 29.8 Å². The van der Waals surface area contributed by atoms with Crippen LogP contribution in [0.4, 0.5) is 0 Å². The Morgan fingerprint density at radius 1 is 0.850 bits per heavy atom. The summed E-state index contributed by atoms with van der Waals surface area (Å²) in [5.41, 5.74) is 1.24. The van der Waals surface area contributed by atoms with E-state index in [2.05, 4.69) is 58.9 Å². The molecule has 4 nitrogen and oxygen atoms in total. The van der Waals surface area contributed by atoms with Crippen molar-refractivity contribution in [1.82, 2.24) is 10.1 Å². The first-order valence-electron chi connectivity index (χ1n) is 7.55. The van der Waals surface area contributed by atoms with Crippen molar-refractivity contribution in [3.8, 4) is 0 Å². The summed E-state index contributed by atoms with van der Waals surface area (Å²) in [6, 6.07) is 8.35. The van der Waals surface area contributed by atoms with Crippen LogP contribution in [-0.4, -0.2) is 45.6 Å². The van der Waals surface area contributed by atoms with Crippen molar-refractivity contribution >= 4 is 14.5 Å². The summed E-state index contributed by atoms with van der Waals surface area (Å²) in [6.45, 7) is 14.0.